The summed E-state index contributed by atoms with van der Waals surface area (Å²) in [5, 5.41) is 13.7. The van der Waals surface area contributed by atoms with Gasteiger partial charge in [0, 0.05) is 7.05 Å². The minimum atomic E-state index is -0.711. The van der Waals surface area contributed by atoms with E-state index in [-0.39, 0.29) is 11.8 Å². The zero-order valence-electron chi connectivity index (χ0n) is 9.50. The predicted octanol–water partition coefficient (Wildman–Crippen LogP) is 0.0329. The average Bonchev–Trinajstić information content (AvgIpc) is 2.16. The highest BCUT2D eigenvalue weighted by Crippen LogP contribution is 2.09. The summed E-state index contributed by atoms with van der Waals surface area (Å²) in [5.74, 6) is -1.45. The molecule has 0 aromatic rings. The summed E-state index contributed by atoms with van der Waals surface area (Å²) in [6.45, 7) is 5.15. The third-order valence-electron chi connectivity index (χ3n) is 2.09. The van der Waals surface area contributed by atoms with Crippen LogP contribution in [0.4, 0.5) is 0 Å². The quantitative estimate of drug-likeness (QED) is 0.688. The van der Waals surface area contributed by atoms with Crippen LogP contribution in [-0.4, -0.2) is 24.9 Å². The van der Waals surface area contributed by atoms with Crippen LogP contribution in [0.5, 0.6) is 0 Å². The van der Waals surface area contributed by atoms with Gasteiger partial charge < -0.3 is 10.6 Å². The highest BCUT2D eigenvalue weighted by molar-refractivity contribution is 5.89. The van der Waals surface area contributed by atoms with Gasteiger partial charge in [0.25, 0.3) is 0 Å². The van der Waals surface area contributed by atoms with Crippen LogP contribution in [0.3, 0.4) is 0 Å². The Labute approximate surface area is 89.8 Å². The molecule has 0 aliphatic rings. The average molecular weight is 211 g/mol. The molecule has 84 valence electrons. The van der Waals surface area contributed by atoms with Crippen molar-refractivity contribution in [1.82, 2.24) is 10.6 Å². The Hall–Kier alpha value is -1.57. The fraction of sp³-hybridized carbons (Fsp3) is 0.700. The molecule has 0 radical (unpaired) electrons. The molecular formula is C10H17N3O2. The standard InChI is InChI=1S/C10H17N3O2/c1-6(2)8(5-11)10(15)13-7(3)9(14)12-4/h6-8H,1-4H3,(H,12,14)(H,13,15). The van der Waals surface area contributed by atoms with E-state index in [9.17, 15) is 9.59 Å². The Morgan fingerprint density at radius 1 is 1.20 bits per heavy atom. The fourth-order valence-corrected chi connectivity index (χ4v) is 1.10. The first kappa shape index (κ1) is 13.4. The maximum absolute atomic E-state index is 11.5. The van der Waals surface area contributed by atoms with E-state index in [2.05, 4.69) is 10.6 Å². The monoisotopic (exact) mass is 211 g/mol. The number of likely N-dealkylation sites (N-methyl/N-ethyl adjacent to an activating group) is 1. The third-order valence-corrected chi connectivity index (χ3v) is 2.09. The van der Waals surface area contributed by atoms with Crippen molar-refractivity contribution in [3.8, 4) is 6.07 Å². The Balaban J connectivity index is 4.36. The zero-order valence-corrected chi connectivity index (χ0v) is 9.50. The summed E-state index contributed by atoms with van der Waals surface area (Å²) < 4.78 is 0. The Kier molecular flexibility index (Phi) is 5.39. The molecule has 0 aliphatic heterocycles. The summed E-state index contributed by atoms with van der Waals surface area (Å²) in [4.78, 5) is 22.7. The van der Waals surface area contributed by atoms with Gasteiger partial charge in [0.2, 0.25) is 11.8 Å². The molecule has 0 aromatic carbocycles. The fourth-order valence-electron chi connectivity index (χ4n) is 1.10. The second-order valence-corrected chi connectivity index (χ2v) is 3.70. The lowest BCUT2D eigenvalue weighted by atomic mass is 9.96. The van der Waals surface area contributed by atoms with Crippen molar-refractivity contribution < 1.29 is 9.59 Å². The van der Waals surface area contributed by atoms with Crippen LogP contribution >= 0.6 is 0 Å². The van der Waals surface area contributed by atoms with Crippen LogP contribution in [0.1, 0.15) is 20.8 Å². The van der Waals surface area contributed by atoms with Crippen molar-refractivity contribution in [1.29, 1.82) is 5.26 Å². The van der Waals surface area contributed by atoms with Crippen molar-refractivity contribution >= 4 is 11.8 Å². The SMILES string of the molecule is CNC(=O)C(C)NC(=O)C(C#N)C(C)C. The van der Waals surface area contributed by atoms with Crippen molar-refractivity contribution in [2.45, 2.75) is 26.8 Å². The van der Waals surface area contributed by atoms with E-state index in [1.165, 1.54) is 7.05 Å². The summed E-state index contributed by atoms with van der Waals surface area (Å²) in [6, 6.07) is 1.31. The van der Waals surface area contributed by atoms with E-state index in [1.807, 2.05) is 6.07 Å². The van der Waals surface area contributed by atoms with Crippen LogP contribution in [0.25, 0.3) is 0 Å². The maximum Gasteiger partial charge on any atom is 0.242 e. The van der Waals surface area contributed by atoms with Crippen LogP contribution in [0.15, 0.2) is 0 Å². The van der Waals surface area contributed by atoms with E-state index < -0.39 is 17.9 Å². The molecule has 0 saturated heterocycles. The topological polar surface area (TPSA) is 82.0 Å². The first-order chi connectivity index (χ1) is 6.93. The molecule has 0 bridgehead atoms. The van der Waals surface area contributed by atoms with Gasteiger partial charge >= 0.3 is 0 Å². The van der Waals surface area contributed by atoms with Gasteiger partial charge in [-0.3, -0.25) is 9.59 Å². The Morgan fingerprint density at radius 2 is 1.73 bits per heavy atom. The van der Waals surface area contributed by atoms with Gasteiger partial charge in [-0.25, -0.2) is 0 Å². The lowest BCUT2D eigenvalue weighted by Gasteiger charge is -2.16. The summed E-state index contributed by atoms with van der Waals surface area (Å²) in [6.07, 6.45) is 0. The maximum atomic E-state index is 11.5. The first-order valence-corrected chi connectivity index (χ1v) is 4.85. The highest BCUT2D eigenvalue weighted by atomic mass is 16.2. The van der Waals surface area contributed by atoms with Gasteiger partial charge in [0.1, 0.15) is 12.0 Å². The van der Waals surface area contributed by atoms with Crippen molar-refractivity contribution in [2.24, 2.45) is 11.8 Å². The molecule has 0 rings (SSSR count). The summed E-state index contributed by atoms with van der Waals surface area (Å²) in [7, 11) is 1.50. The number of amides is 2. The number of nitrogens with zero attached hydrogens (tertiary/aromatic N) is 1. The van der Waals surface area contributed by atoms with E-state index in [1.54, 1.807) is 20.8 Å². The molecule has 0 aromatic heterocycles. The highest BCUT2D eigenvalue weighted by Gasteiger charge is 2.24. The van der Waals surface area contributed by atoms with Gasteiger partial charge in [-0.2, -0.15) is 5.26 Å². The minimum Gasteiger partial charge on any atom is -0.357 e. The van der Waals surface area contributed by atoms with Gasteiger partial charge in [-0.05, 0) is 12.8 Å². The van der Waals surface area contributed by atoms with Gasteiger partial charge in [0.15, 0.2) is 0 Å². The largest absolute Gasteiger partial charge is 0.357 e. The second-order valence-electron chi connectivity index (χ2n) is 3.70. The molecule has 0 heterocycles. The minimum absolute atomic E-state index is 0.0631. The van der Waals surface area contributed by atoms with Gasteiger partial charge in [-0.1, -0.05) is 13.8 Å². The number of rotatable bonds is 4. The zero-order chi connectivity index (χ0) is 12.0. The van der Waals surface area contributed by atoms with Crippen LogP contribution in [-0.2, 0) is 9.59 Å². The molecule has 2 amide bonds. The summed E-state index contributed by atoms with van der Waals surface area (Å²) >= 11 is 0. The number of carbonyl (C=O) groups is 2. The lowest BCUT2D eigenvalue weighted by molar-refractivity contribution is -0.130. The van der Waals surface area contributed by atoms with E-state index in [4.69, 9.17) is 5.26 Å². The molecule has 15 heavy (non-hydrogen) atoms. The molecule has 2 N–H and O–H groups in total. The molecule has 5 heteroatoms. The first-order valence-electron chi connectivity index (χ1n) is 4.85. The Morgan fingerprint density at radius 3 is 2.07 bits per heavy atom. The van der Waals surface area contributed by atoms with Gasteiger partial charge in [0.05, 0.1) is 6.07 Å². The van der Waals surface area contributed by atoms with E-state index in [0.29, 0.717) is 0 Å². The molecule has 0 fully saturated rings. The van der Waals surface area contributed by atoms with Gasteiger partial charge in [-0.15, -0.1) is 0 Å². The molecule has 0 aliphatic carbocycles. The van der Waals surface area contributed by atoms with Crippen LogP contribution < -0.4 is 10.6 Å². The van der Waals surface area contributed by atoms with Crippen molar-refractivity contribution in [3.63, 3.8) is 0 Å². The lowest BCUT2D eigenvalue weighted by Crippen LogP contribution is -2.46. The smallest absolute Gasteiger partial charge is 0.242 e. The number of nitrogens with one attached hydrogen (secondary N) is 2. The molecule has 2 unspecified atom stereocenters. The predicted molar refractivity (Wildman–Crippen MR) is 55.6 cm³/mol. The molecule has 0 saturated carbocycles. The number of carbonyl (C=O) groups excluding carboxylic acids is 2. The Bertz CT molecular complexity index is 281. The normalized spacial score (nSPS) is 13.9. The van der Waals surface area contributed by atoms with Crippen molar-refractivity contribution in [2.75, 3.05) is 7.05 Å². The summed E-state index contributed by atoms with van der Waals surface area (Å²) in [5.41, 5.74) is 0. The molecule has 0 spiro atoms. The molecule has 5 nitrogen and oxygen atoms in total. The number of nitriles is 1. The molecular weight excluding hydrogens is 194 g/mol. The third kappa shape index (κ3) is 3.98. The molecule has 2 atom stereocenters. The number of hydrogen-bond donors (Lipinski definition) is 2. The number of hydrogen-bond acceptors (Lipinski definition) is 3. The van der Waals surface area contributed by atoms with Crippen molar-refractivity contribution in [3.05, 3.63) is 0 Å². The van der Waals surface area contributed by atoms with E-state index >= 15 is 0 Å². The van der Waals surface area contributed by atoms with Crippen LogP contribution in [0, 0.1) is 23.2 Å². The van der Waals surface area contributed by atoms with E-state index in [0.717, 1.165) is 0 Å². The second kappa shape index (κ2) is 6.02. The van der Waals surface area contributed by atoms with Crippen LogP contribution in [0.2, 0.25) is 0 Å².